The normalized spacial score (nSPS) is 18.1. The van der Waals surface area contributed by atoms with Gasteiger partial charge >= 0.3 is 12.1 Å². The summed E-state index contributed by atoms with van der Waals surface area (Å²) in [5, 5.41) is 9.10. The number of aliphatic carboxylic acids is 1. The van der Waals surface area contributed by atoms with E-state index in [0.717, 1.165) is 32.1 Å². The maximum absolute atomic E-state index is 12.0. The monoisotopic (exact) mass is 271 g/mol. The lowest BCUT2D eigenvalue weighted by Crippen LogP contribution is -2.52. The van der Waals surface area contributed by atoms with Crippen LogP contribution >= 0.6 is 0 Å². The second kappa shape index (κ2) is 6.78. The van der Waals surface area contributed by atoms with Crippen LogP contribution in [0.2, 0.25) is 0 Å². The molecule has 0 bridgehead atoms. The summed E-state index contributed by atoms with van der Waals surface area (Å²) in [5.74, 6) is -0.579. The highest BCUT2D eigenvalue weighted by Crippen LogP contribution is 2.36. The van der Waals surface area contributed by atoms with E-state index in [9.17, 15) is 9.59 Å². The molecule has 0 aliphatic heterocycles. The highest BCUT2D eigenvalue weighted by atomic mass is 16.6. The highest BCUT2D eigenvalue weighted by molar-refractivity contribution is 5.72. The lowest BCUT2D eigenvalue weighted by atomic mass is 9.78. The van der Waals surface area contributed by atoms with Gasteiger partial charge in [-0.15, -0.1) is 0 Å². The van der Waals surface area contributed by atoms with Crippen LogP contribution in [0.15, 0.2) is 0 Å². The average molecular weight is 271 g/mol. The molecule has 1 rings (SSSR count). The summed E-state index contributed by atoms with van der Waals surface area (Å²) in [6.45, 7) is 4.31. The van der Waals surface area contributed by atoms with Crippen molar-refractivity contribution in [2.75, 3.05) is 13.7 Å². The Bertz CT molecular complexity index is 321. The van der Waals surface area contributed by atoms with Crippen LogP contribution in [0.1, 0.15) is 52.4 Å². The summed E-state index contributed by atoms with van der Waals surface area (Å²) in [7, 11) is 1.66. The van der Waals surface area contributed by atoms with Gasteiger partial charge in [-0.1, -0.05) is 33.1 Å². The number of amides is 1. The summed E-state index contributed by atoms with van der Waals surface area (Å²) in [4.78, 5) is 24.6. The predicted octanol–water partition coefficient (Wildman–Crippen LogP) is 2.89. The Morgan fingerprint density at radius 3 is 2.32 bits per heavy atom. The van der Waals surface area contributed by atoms with Crippen LogP contribution in [-0.2, 0) is 9.53 Å². The molecule has 1 aliphatic rings. The average Bonchev–Trinajstić information content (AvgIpc) is 2.35. The first-order valence-corrected chi connectivity index (χ1v) is 7.00. The fraction of sp³-hybridized carbons (Fsp3) is 0.857. The molecule has 0 radical (unpaired) electrons. The second-order valence-corrected chi connectivity index (χ2v) is 5.89. The summed E-state index contributed by atoms with van der Waals surface area (Å²) in [6.07, 6.45) is 4.12. The molecule has 1 N–H and O–H groups in total. The van der Waals surface area contributed by atoms with Crippen LogP contribution in [-0.4, -0.2) is 41.3 Å². The minimum Gasteiger partial charge on any atom is -0.481 e. The number of carboxylic acid groups (broad SMARTS) is 1. The summed E-state index contributed by atoms with van der Waals surface area (Å²) in [6, 6.07) is 0. The van der Waals surface area contributed by atoms with Gasteiger partial charge in [0, 0.05) is 7.05 Å². The molecule has 110 valence electrons. The molecule has 0 aromatic rings. The maximum atomic E-state index is 12.0. The molecular formula is C14H25NO4. The molecular weight excluding hydrogens is 246 g/mol. The quantitative estimate of drug-likeness (QED) is 0.835. The third kappa shape index (κ3) is 4.40. The number of hydrogen-bond acceptors (Lipinski definition) is 3. The molecule has 0 aromatic carbocycles. The molecule has 1 amide bonds. The van der Waals surface area contributed by atoms with Crippen LogP contribution in [0.4, 0.5) is 4.79 Å². The molecule has 0 heterocycles. The summed E-state index contributed by atoms with van der Waals surface area (Å²) in [5.41, 5.74) is -0.571. The van der Waals surface area contributed by atoms with Crippen molar-refractivity contribution in [2.45, 2.75) is 57.9 Å². The van der Waals surface area contributed by atoms with Crippen molar-refractivity contribution < 1.29 is 19.4 Å². The van der Waals surface area contributed by atoms with Gasteiger partial charge in [0.15, 0.2) is 0 Å². The van der Waals surface area contributed by atoms with Gasteiger partial charge in [0.2, 0.25) is 0 Å². The fourth-order valence-electron chi connectivity index (χ4n) is 2.65. The second-order valence-electron chi connectivity index (χ2n) is 5.89. The molecule has 0 atom stereocenters. The van der Waals surface area contributed by atoms with Crippen molar-refractivity contribution in [1.82, 2.24) is 4.90 Å². The van der Waals surface area contributed by atoms with Crippen molar-refractivity contribution in [1.29, 1.82) is 0 Å². The Morgan fingerprint density at radius 1 is 1.26 bits per heavy atom. The topological polar surface area (TPSA) is 66.8 Å². The first kappa shape index (κ1) is 15.8. The molecule has 0 aromatic heterocycles. The van der Waals surface area contributed by atoms with Crippen molar-refractivity contribution in [3.63, 3.8) is 0 Å². The van der Waals surface area contributed by atoms with Crippen LogP contribution in [0.3, 0.4) is 0 Å². The van der Waals surface area contributed by atoms with E-state index in [4.69, 9.17) is 9.84 Å². The van der Waals surface area contributed by atoms with E-state index in [0.29, 0.717) is 6.61 Å². The van der Waals surface area contributed by atoms with Gasteiger partial charge in [0.05, 0.1) is 18.6 Å². The van der Waals surface area contributed by atoms with Gasteiger partial charge in [-0.3, -0.25) is 4.79 Å². The zero-order chi connectivity index (χ0) is 14.5. The number of rotatable bonds is 5. The molecule has 5 heteroatoms. The van der Waals surface area contributed by atoms with Crippen molar-refractivity contribution >= 4 is 12.1 Å². The molecule has 5 nitrogen and oxygen atoms in total. The van der Waals surface area contributed by atoms with Gasteiger partial charge in [-0.2, -0.15) is 0 Å². The molecule has 1 fully saturated rings. The van der Waals surface area contributed by atoms with E-state index >= 15 is 0 Å². The fourth-order valence-corrected chi connectivity index (χ4v) is 2.65. The van der Waals surface area contributed by atoms with Gasteiger partial charge in [-0.05, 0) is 18.8 Å². The first-order chi connectivity index (χ1) is 8.87. The van der Waals surface area contributed by atoms with E-state index in [1.807, 2.05) is 13.8 Å². The van der Waals surface area contributed by atoms with Crippen LogP contribution < -0.4 is 0 Å². The SMILES string of the molecule is CC(C)COC(=O)N(C)C1(CC(=O)O)CCCCC1. The molecule has 0 saturated heterocycles. The van der Waals surface area contributed by atoms with Crippen LogP contribution in [0.25, 0.3) is 0 Å². The molecule has 0 unspecified atom stereocenters. The Labute approximate surface area is 114 Å². The summed E-state index contributed by atoms with van der Waals surface area (Å²) >= 11 is 0. The van der Waals surface area contributed by atoms with Gasteiger partial charge in [0.25, 0.3) is 0 Å². The summed E-state index contributed by atoms with van der Waals surface area (Å²) < 4.78 is 5.22. The number of nitrogens with zero attached hydrogens (tertiary/aromatic N) is 1. The zero-order valence-corrected chi connectivity index (χ0v) is 12.1. The third-order valence-electron chi connectivity index (χ3n) is 3.79. The number of ether oxygens (including phenoxy) is 1. The Balaban J connectivity index is 2.73. The van der Waals surface area contributed by atoms with Crippen LogP contribution in [0.5, 0.6) is 0 Å². The lowest BCUT2D eigenvalue weighted by molar-refractivity contribution is -0.140. The molecule has 1 aliphatic carbocycles. The number of carbonyl (C=O) groups excluding carboxylic acids is 1. The van der Waals surface area contributed by atoms with E-state index in [1.54, 1.807) is 7.05 Å². The maximum Gasteiger partial charge on any atom is 0.409 e. The third-order valence-corrected chi connectivity index (χ3v) is 3.79. The minimum absolute atomic E-state index is 0.000276. The Kier molecular flexibility index (Phi) is 5.63. The van der Waals surface area contributed by atoms with Crippen molar-refractivity contribution in [3.8, 4) is 0 Å². The standard InChI is InChI=1S/C14H25NO4/c1-11(2)10-19-13(18)15(3)14(9-12(16)17)7-5-4-6-8-14/h11H,4-10H2,1-3H3,(H,16,17). The van der Waals surface area contributed by atoms with Gasteiger partial charge in [-0.25, -0.2) is 4.79 Å². The predicted molar refractivity (Wildman–Crippen MR) is 72.0 cm³/mol. The van der Waals surface area contributed by atoms with Crippen LogP contribution in [0, 0.1) is 5.92 Å². The Morgan fingerprint density at radius 2 is 1.84 bits per heavy atom. The highest BCUT2D eigenvalue weighted by Gasteiger charge is 2.41. The van der Waals surface area contributed by atoms with Gasteiger partial charge < -0.3 is 14.7 Å². The van der Waals surface area contributed by atoms with E-state index in [1.165, 1.54) is 4.90 Å². The number of carbonyl (C=O) groups is 2. The number of hydrogen-bond donors (Lipinski definition) is 1. The molecule has 19 heavy (non-hydrogen) atoms. The zero-order valence-electron chi connectivity index (χ0n) is 12.1. The van der Waals surface area contributed by atoms with Crippen molar-refractivity contribution in [2.24, 2.45) is 5.92 Å². The minimum atomic E-state index is -0.856. The molecule has 1 saturated carbocycles. The molecule has 0 spiro atoms. The van der Waals surface area contributed by atoms with E-state index in [2.05, 4.69) is 0 Å². The Hall–Kier alpha value is -1.26. The number of carboxylic acids is 1. The lowest BCUT2D eigenvalue weighted by Gasteiger charge is -2.43. The van der Waals surface area contributed by atoms with Gasteiger partial charge in [0.1, 0.15) is 0 Å². The van der Waals surface area contributed by atoms with Crippen molar-refractivity contribution in [3.05, 3.63) is 0 Å². The smallest absolute Gasteiger partial charge is 0.409 e. The van der Waals surface area contributed by atoms with E-state index in [-0.39, 0.29) is 12.3 Å². The largest absolute Gasteiger partial charge is 0.481 e. The first-order valence-electron chi connectivity index (χ1n) is 7.00. The van der Waals surface area contributed by atoms with E-state index < -0.39 is 17.6 Å².